The number of imidazole rings is 1. The van der Waals surface area contributed by atoms with Gasteiger partial charge in [-0.15, -0.1) is 0 Å². The van der Waals surface area contributed by atoms with Crippen LogP contribution in [0.2, 0.25) is 0 Å². The van der Waals surface area contributed by atoms with Crippen molar-refractivity contribution in [3.63, 3.8) is 0 Å². The van der Waals surface area contributed by atoms with Crippen LogP contribution in [0.1, 0.15) is 52.3 Å². The molecule has 0 spiro atoms. The number of nitrogens with zero attached hydrogens (tertiary/aromatic N) is 2. The van der Waals surface area contributed by atoms with E-state index < -0.39 is 0 Å². The third-order valence-corrected chi connectivity index (χ3v) is 3.19. The minimum Gasteiger partial charge on any atom is -0.387 e. The van der Waals surface area contributed by atoms with Gasteiger partial charge in [0, 0.05) is 30.3 Å². The number of hydrogen-bond donors (Lipinski definition) is 2. The molecule has 17 heavy (non-hydrogen) atoms. The van der Waals surface area contributed by atoms with Crippen LogP contribution in [-0.4, -0.2) is 15.4 Å². The zero-order valence-corrected chi connectivity index (χ0v) is 11.3. The first-order valence-electron chi connectivity index (χ1n) is 6.20. The Morgan fingerprint density at radius 2 is 2.18 bits per heavy atom. The van der Waals surface area contributed by atoms with Crippen molar-refractivity contribution in [1.29, 1.82) is 5.41 Å². The monoisotopic (exact) mass is 236 g/mol. The predicted molar refractivity (Wildman–Crippen MR) is 71.2 cm³/mol. The van der Waals surface area contributed by atoms with Crippen molar-refractivity contribution in [2.45, 2.75) is 53.0 Å². The van der Waals surface area contributed by atoms with E-state index in [1.54, 1.807) is 0 Å². The maximum Gasteiger partial charge on any atom is 0.111 e. The van der Waals surface area contributed by atoms with Crippen LogP contribution in [0.3, 0.4) is 0 Å². The summed E-state index contributed by atoms with van der Waals surface area (Å²) >= 11 is 0. The molecule has 0 unspecified atom stereocenters. The molecule has 0 fully saturated rings. The van der Waals surface area contributed by atoms with Crippen LogP contribution in [0.15, 0.2) is 12.4 Å². The Bertz CT molecular complexity index is 377. The molecule has 0 saturated heterocycles. The van der Waals surface area contributed by atoms with Gasteiger partial charge in [-0.1, -0.05) is 27.7 Å². The fourth-order valence-corrected chi connectivity index (χ4v) is 1.84. The maximum absolute atomic E-state index is 7.52. The number of amidine groups is 1. The molecule has 1 aromatic heterocycles. The van der Waals surface area contributed by atoms with Crippen LogP contribution >= 0.6 is 0 Å². The van der Waals surface area contributed by atoms with Crippen LogP contribution in [0.5, 0.6) is 0 Å². The van der Waals surface area contributed by atoms with E-state index >= 15 is 0 Å². The van der Waals surface area contributed by atoms with Crippen molar-refractivity contribution < 1.29 is 0 Å². The summed E-state index contributed by atoms with van der Waals surface area (Å²) in [6.07, 6.45) is 5.82. The summed E-state index contributed by atoms with van der Waals surface area (Å²) in [4.78, 5) is 4.36. The van der Waals surface area contributed by atoms with Gasteiger partial charge in [0.05, 0.1) is 5.84 Å². The SMILES string of the molecule is CC(C)c1nccn1CCCC(C)(C)C(=N)N. The first-order valence-corrected chi connectivity index (χ1v) is 6.20. The molecule has 1 aromatic rings. The molecule has 0 atom stereocenters. The smallest absolute Gasteiger partial charge is 0.111 e. The third-order valence-electron chi connectivity index (χ3n) is 3.19. The highest BCUT2D eigenvalue weighted by molar-refractivity contribution is 5.82. The highest BCUT2D eigenvalue weighted by Gasteiger charge is 2.21. The molecule has 0 radical (unpaired) electrons. The van der Waals surface area contributed by atoms with Crippen LogP contribution in [-0.2, 0) is 6.54 Å². The normalized spacial score (nSPS) is 12.1. The Morgan fingerprint density at radius 3 is 2.71 bits per heavy atom. The number of nitrogens with two attached hydrogens (primary N) is 1. The minimum atomic E-state index is -0.196. The Morgan fingerprint density at radius 1 is 1.53 bits per heavy atom. The van der Waals surface area contributed by atoms with Gasteiger partial charge >= 0.3 is 0 Å². The molecule has 0 aliphatic heterocycles. The summed E-state index contributed by atoms with van der Waals surface area (Å²) in [6.45, 7) is 9.29. The van der Waals surface area contributed by atoms with E-state index in [0.717, 1.165) is 25.2 Å². The first kappa shape index (κ1) is 13.7. The average Bonchev–Trinajstić information content (AvgIpc) is 2.65. The zero-order chi connectivity index (χ0) is 13.1. The van der Waals surface area contributed by atoms with Crippen molar-refractivity contribution in [3.05, 3.63) is 18.2 Å². The van der Waals surface area contributed by atoms with E-state index in [2.05, 4.69) is 23.4 Å². The lowest BCUT2D eigenvalue weighted by atomic mass is 9.86. The summed E-state index contributed by atoms with van der Waals surface area (Å²) in [6, 6.07) is 0. The Balaban J connectivity index is 2.52. The zero-order valence-electron chi connectivity index (χ0n) is 11.3. The van der Waals surface area contributed by atoms with Gasteiger partial charge in [0.1, 0.15) is 5.82 Å². The van der Waals surface area contributed by atoms with E-state index in [4.69, 9.17) is 11.1 Å². The average molecular weight is 236 g/mol. The Kier molecular flexibility index (Phi) is 4.32. The van der Waals surface area contributed by atoms with Crippen molar-refractivity contribution in [2.75, 3.05) is 0 Å². The Labute approximate surface area is 104 Å². The van der Waals surface area contributed by atoms with Gasteiger partial charge in [0.15, 0.2) is 0 Å². The van der Waals surface area contributed by atoms with E-state index in [0.29, 0.717) is 5.92 Å². The van der Waals surface area contributed by atoms with Gasteiger partial charge < -0.3 is 10.3 Å². The van der Waals surface area contributed by atoms with E-state index in [-0.39, 0.29) is 11.3 Å². The molecular weight excluding hydrogens is 212 g/mol. The summed E-state index contributed by atoms with van der Waals surface area (Å²) in [5.74, 6) is 1.85. The first-order chi connectivity index (χ1) is 7.84. The highest BCUT2D eigenvalue weighted by atomic mass is 15.1. The molecule has 0 aliphatic rings. The van der Waals surface area contributed by atoms with E-state index in [9.17, 15) is 0 Å². The molecule has 4 nitrogen and oxygen atoms in total. The van der Waals surface area contributed by atoms with Crippen molar-refractivity contribution in [2.24, 2.45) is 11.1 Å². The summed E-state index contributed by atoms with van der Waals surface area (Å²) in [7, 11) is 0. The van der Waals surface area contributed by atoms with Crippen LogP contribution < -0.4 is 5.73 Å². The van der Waals surface area contributed by atoms with Gasteiger partial charge in [0.2, 0.25) is 0 Å². The van der Waals surface area contributed by atoms with Gasteiger partial charge in [-0.25, -0.2) is 4.98 Å². The topological polar surface area (TPSA) is 67.7 Å². The van der Waals surface area contributed by atoms with Crippen LogP contribution in [0.25, 0.3) is 0 Å². The fraction of sp³-hybridized carbons (Fsp3) is 0.692. The lowest BCUT2D eigenvalue weighted by Crippen LogP contribution is -2.31. The summed E-state index contributed by atoms with van der Waals surface area (Å²) in [5.41, 5.74) is 5.38. The van der Waals surface area contributed by atoms with Gasteiger partial charge in [0.25, 0.3) is 0 Å². The fourth-order valence-electron chi connectivity index (χ4n) is 1.84. The molecule has 1 rings (SSSR count). The number of nitrogens with one attached hydrogen (secondary N) is 1. The molecule has 1 heterocycles. The number of aryl methyl sites for hydroxylation is 1. The van der Waals surface area contributed by atoms with E-state index in [1.807, 2.05) is 26.2 Å². The number of aromatic nitrogens is 2. The predicted octanol–water partition coefficient (Wildman–Crippen LogP) is 2.75. The van der Waals surface area contributed by atoms with Crippen molar-refractivity contribution >= 4 is 5.84 Å². The van der Waals surface area contributed by atoms with E-state index in [1.165, 1.54) is 0 Å². The second-order valence-electron chi connectivity index (χ2n) is 5.53. The minimum absolute atomic E-state index is 0.196. The standard InChI is InChI=1S/C13H24N4/c1-10(2)11-16-7-9-17(11)8-5-6-13(3,4)12(14)15/h7,9-10H,5-6,8H2,1-4H3,(H3,14,15). The van der Waals surface area contributed by atoms with Gasteiger partial charge in [-0.3, -0.25) is 5.41 Å². The third kappa shape index (κ3) is 3.58. The quantitative estimate of drug-likeness (QED) is 0.589. The maximum atomic E-state index is 7.52. The lowest BCUT2D eigenvalue weighted by molar-refractivity contribution is 0.424. The number of hydrogen-bond acceptors (Lipinski definition) is 2. The van der Waals surface area contributed by atoms with Gasteiger partial charge in [-0.05, 0) is 12.8 Å². The molecule has 0 aromatic carbocycles. The molecule has 0 aliphatic carbocycles. The van der Waals surface area contributed by atoms with Crippen LogP contribution in [0.4, 0.5) is 0 Å². The number of rotatable bonds is 6. The largest absolute Gasteiger partial charge is 0.387 e. The van der Waals surface area contributed by atoms with Crippen LogP contribution in [0, 0.1) is 10.8 Å². The van der Waals surface area contributed by atoms with Crippen molar-refractivity contribution in [1.82, 2.24) is 9.55 Å². The molecule has 0 bridgehead atoms. The summed E-state index contributed by atoms with van der Waals surface area (Å²) < 4.78 is 2.20. The summed E-state index contributed by atoms with van der Waals surface area (Å²) in [5, 5.41) is 7.52. The lowest BCUT2D eigenvalue weighted by Gasteiger charge is -2.23. The highest BCUT2D eigenvalue weighted by Crippen LogP contribution is 2.22. The molecule has 96 valence electrons. The Hall–Kier alpha value is -1.32. The molecular formula is C13H24N4. The molecule has 0 amide bonds. The van der Waals surface area contributed by atoms with Crippen molar-refractivity contribution in [3.8, 4) is 0 Å². The molecule has 0 saturated carbocycles. The van der Waals surface area contributed by atoms with Gasteiger partial charge in [-0.2, -0.15) is 0 Å². The second-order valence-corrected chi connectivity index (χ2v) is 5.53. The molecule has 3 N–H and O–H groups in total. The molecule has 4 heteroatoms. The second kappa shape index (κ2) is 5.34.